The molecule has 1 aromatic heterocycles. The van der Waals surface area contributed by atoms with Gasteiger partial charge >= 0.3 is 0 Å². The smallest absolute Gasteiger partial charge is 0.257 e. The van der Waals surface area contributed by atoms with Gasteiger partial charge in [0.25, 0.3) is 5.91 Å². The van der Waals surface area contributed by atoms with Gasteiger partial charge in [-0.15, -0.1) is 0 Å². The van der Waals surface area contributed by atoms with Crippen molar-refractivity contribution >= 4 is 15.7 Å². The lowest BCUT2D eigenvalue weighted by Crippen LogP contribution is -2.52. The third kappa shape index (κ3) is 2.98. The van der Waals surface area contributed by atoms with E-state index in [-0.39, 0.29) is 17.7 Å². The molecule has 2 fully saturated rings. The highest BCUT2D eigenvalue weighted by atomic mass is 32.2. The SMILES string of the molecule is Cc1occc1C(=O)N1CCN([C@H]2CCS(=O)(=O)C2)CC1. The summed E-state index contributed by atoms with van der Waals surface area (Å²) < 4.78 is 28.3. The number of furan rings is 1. The molecule has 0 saturated carbocycles. The first-order valence-corrected chi connectivity index (χ1v) is 9.06. The molecule has 1 amide bonds. The van der Waals surface area contributed by atoms with Gasteiger partial charge in [0.15, 0.2) is 9.84 Å². The van der Waals surface area contributed by atoms with Crippen LogP contribution in [0.15, 0.2) is 16.7 Å². The van der Waals surface area contributed by atoms with E-state index in [0.29, 0.717) is 30.2 Å². The first-order valence-electron chi connectivity index (χ1n) is 7.24. The van der Waals surface area contributed by atoms with Crippen molar-refractivity contribution in [3.63, 3.8) is 0 Å². The maximum Gasteiger partial charge on any atom is 0.257 e. The maximum atomic E-state index is 12.4. The molecule has 0 spiro atoms. The number of piperazine rings is 1. The second-order valence-corrected chi connectivity index (χ2v) is 8.00. The number of hydrogen-bond acceptors (Lipinski definition) is 5. The van der Waals surface area contributed by atoms with E-state index in [9.17, 15) is 13.2 Å². The molecule has 3 rings (SSSR count). The molecule has 0 aromatic carbocycles. The molecule has 1 atom stereocenters. The van der Waals surface area contributed by atoms with Crippen LogP contribution in [0.5, 0.6) is 0 Å². The summed E-state index contributed by atoms with van der Waals surface area (Å²) in [5, 5.41) is 0. The van der Waals surface area contributed by atoms with Crippen LogP contribution in [0.2, 0.25) is 0 Å². The largest absolute Gasteiger partial charge is 0.469 e. The van der Waals surface area contributed by atoms with E-state index < -0.39 is 9.84 Å². The van der Waals surface area contributed by atoms with Gasteiger partial charge in [-0.3, -0.25) is 9.69 Å². The van der Waals surface area contributed by atoms with E-state index in [1.54, 1.807) is 13.0 Å². The van der Waals surface area contributed by atoms with E-state index in [1.165, 1.54) is 6.26 Å². The van der Waals surface area contributed by atoms with E-state index in [4.69, 9.17) is 4.42 Å². The van der Waals surface area contributed by atoms with Gasteiger partial charge in [-0.1, -0.05) is 0 Å². The molecule has 0 bridgehead atoms. The van der Waals surface area contributed by atoms with Crippen molar-refractivity contribution in [3.05, 3.63) is 23.7 Å². The molecule has 2 aliphatic rings. The molecule has 2 aliphatic heterocycles. The van der Waals surface area contributed by atoms with E-state index in [2.05, 4.69) is 4.90 Å². The van der Waals surface area contributed by atoms with Crippen molar-refractivity contribution in [3.8, 4) is 0 Å². The number of carbonyl (C=O) groups excluding carboxylic acids is 1. The highest BCUT2D eigenvalue weighted by molar-refractivity contribution is 7.91. The van der Waals surface area contributed by atoms with Gasteiger partial charge in [0.1, 0.15) is 5.76 Å². The molecule has 7 heteroatoms. The maximum absolute atomic E-state index is 12.4. The van der Waals surface area contributed by atoms with Crippen LogP contribution in [0, 0.1) is 6.92 Å². The van der Waals surface area contributed by atoms with Crippen molar-refractivity contribution in [2.75, 3.05) is 37.7 Å². The minimum Gasteiger partial charge on any atom is -0.469 e. The Morgan fingerprint density at radius 1 is 1.29 bits per heavy atom. The van der Waals surface area contributed by atoms with Gasteiger partial charge in [0.05, 0.1) is 23.3 Å². The molecule has 0 radical (unpaired) electrons. The lowest BCUT2D eigenvalue weighted by Gasteiger charge is -2.37. The van der Waals surface area contributed by atoms with Gasteiger partial charge in [-0.05, 0) is 19.4 Å². The zero-order valence-corrected chi connectivity index (χ0v) is 12.9. The number of sulfone groups is 1. The number of hydrogen-bond donors (Lipinski definition) is 0. The monoisotopic (exact) mass is 312 g/mol. The van der Waals surface area contributed by atoms with Crippen LogP contribution in [0.4, 0.5) is 0 Å². The summed E-state index contributed by atoms with van der Waals surface area (Å²) in [5.74, 6) is 1.21. The third-order valence-electron chi connectivity index (χ3n) is 4.42. The van der Waals surface area contributed by atoms with Crippen LogP contribution < -0.4 is 0 Å². The molecule has 116 valence electrons. The summed E-state index contributed by atoms with van der Waals surface area (Å²) in [6.07, 6.45) is 2.25. The molecule has 0 unspecified atom stereocenters. The fourth-order valence-corrected chi connectivity index (χ4v) is 4.89. The Balaban J connectivity index is 1.58. The lowest BCUT2D eigenvalue weighted by molar-refractivity contribution is 0.0586. The molecule has 0 N–H and O–H groups in total. The molecular weight excluding hydrogens is 292 g/mol. The number of nitrogens with zero attached hydrogens (tertiary/aromatic N) is 2. The third-order valence-corrected chi connectivity index (χ3v) is 6.17. The van der Waals surface area contributed by atoms with E-state index >= 15 is 0 Å². The molecule has 2 saturated heterocycles. The van der Waals surface area contributed by atoms with Crippen molar-refractivity contribution in [2.24, 2.45) is 0 Å². The van der Waals surface area contributed by atoms with Crippen LogP contribution in [0.3, 0.4) is 0 Å². The number of aryl methyl sites for hydroxylation is 1. The van der Waals surface area contributed by atoms with Crippen LogP contribution in [0.1, 0.15) is 22.5 Å². The van der Waals surface area contributed by atoms with Gasteiger partial charge in [0.2, 0.25) is 0 Å². The van der Waals surface area contributed by atoms with Gasteiger partial charge in [-0.2, -0.15) is 0 Å². The average Bonchev–Trinajstić information content (AvgIpc) is 3.04. The van der Waals surface area contributed by atoms with Crippen LogP contribution >= 0.6 is 0 Å². The fraction of sp³-hybridized carbons (Fsp3) is 0.643. The average molecular weight is 312 g/mol. The van der Waals surface area contributed by atoms with Crippen molar-refractivity contribution < 1.29 is 17.6 Å². The van der Waals surface area contributed by atoms with Crippen molar-refractivity contribution in [1.82, 2.24) is 9.80 Å². The van der Waals surface area contributed by atoms with Crippen LogP contribution in [-0.2, 0) is 9.84 Å². The normalized spacial score (nSPS) is 26.1. The molecular formula is C14H20N2O4S. The van der Waals surface area contributed by atoms with Gasteiger partial charge in [0, 0.05) is 32.2 Å². The summed E-state index contributed by atoms with van der Waals surface area (Å²) in [6, 6.07) is 1.83. The first kappa shape index (κ1) is 14.6. The Morgan fingerprint density at radius 2 is 2.00 bits per heavy atom. The molecule has 3 heterocycles. The highest BCUT2D eigenvalue weighted by Crippen LogP contribution is 2.20. The van der Waals surface area contributed by atoms with Crippen LogP contribution in [0.25, 0.3) is 0 Å². The Morgan fingerprint density at radius 3 is 2.52 bits per heavy atom. The Bertz CT molecular complexity index is 629. The fourth-order valence-electron chi connectivity index (χ4n) is 3.13. The topological polar surface area (TPSA) is 70.8 Å². The Labute approximate surface area is 124 Å². The molecule has 0 aliphatic carbocycles. The van der Waals surface area contributed by atoms with Crippen LogP contribution in [-0.4, -0.2) is 67.9 Å². The van der Waals surface area contributed by atoms with Gasteiger partial charge in [-0.25, -0.2) is 8.42 Å². The second-order valence-electron chi connectivity index (χ2n) is 5.78. The molecule has 21 heavy (non-hydrogen) atoms. The number of rotatable bonds is 2. The van der Waals surface area contributed by atoms with Gasteiger partial charge < -0.3 is 9.32 Å². The molecule has 1 aromatic rings. The first-order chi connectivity index (χ1) is 9.96. The second kappa shape index (κ2) is 5.46. The highest BCUT2D eigenvalue weighted by Gasteiger charge is 2.34. The van der Waals surface area contributed by atoms with Crippen molar-refractivity contribution in [2.45, 2.75) is 19.4 Å². The Hall–Kier alpha value is -1.34. The lowest BCUT2D eigenvalue weighted by atomic mass is 10.1. The summed E-state index contributed by atoms with van der Waals surface area (Å²) >= 11 is 0. The van der Waals surface area contributed by atoms with E-state index in [0.717, 1.165) is 19.5 Å². The number of carbonyl (C=O) groups is 1. The minimum absolute atomic E-state index is 0.0000523. The summed E-state index contributed by atoms with van der Waals surface area (Å²) in [4.78, 5) is 16.4. The quantitative estimate of drug-likeness (QED) is 0.797. The minimum atomic E-state index is -2.85. The molecule has 6 nitrogen and oxygen atoms in total. The summed E-state index contributed by atoms with van der Waals surface area (Å²) in [5.41, 5.74) is 0.617. The summed E-state index contributed by atoms with van der Waals surface area (Å²) in [7, 11) is -2.85. The Kier molecular flexibility index (Phi) is 3.79. The summed E-state index contributed by atoms with van der Waals surface area (Å²) in [6.45, 7) is 4.54. The van der Waals surface area contributed by atoms with E-state index in [1.807, 2.05) is 4.90 Å². The zero-order valence-electron chi connectivity index (χ0n) is 12.1. The number of amides is 1. The zero-order chi connectivity index (χ0) is 15.0. The predicted octanol–water partition coefficient (Wildman–Crippen LogP) is 0.533. The standard InChI is InChI=1S/C14H20N2O4S/c1-11-13(2-8-20-11)14(17)16-6-4-15(5-7-16)12-3-9-21(18,19)10-12/h2,8,12H,3-7,9-10H2,1H3/t12-/m0/s1. The predicted molar refractivity (Wildman–Crippen MR) is 78.0 cm³/mol. The van der Waals surface area contributed by atoms with Crippen molar-refractivity contribution in [1.29, 1.82) is 0 Å².